The van der Waals surface area contributed by atoms with Crippen LogP contribution in [0.25, 0.3) is 11.0 Å². The molecule has 0 aliphatic rings. The molecule has 1 aromatic heterocycles. The predicted molar refractivity (Wildman–Crippen MR) is 70.5 cm³/mol. The molecule has 92 valence electrons. The molecule has 3 heteroatoms. The first-order valence-corrected chi connectivity index (χ1v) is 6.14. The summed E-state index contributed by atoms with van der Waals surface area (Å²) >= 11 is 6.08. The lowest BCUT2D eigenvalue weighted by molar-refractivity contribution is 0.150. The molecule has 0 radical (unpaired) electrons. The van der Waals surface area contributed by atoms with E-state index in [4.69, 9.17) is 16.0 Å². The Labute approximate surface area is 106 Å². The predicted octanol–water partition coefficient (Wildman–Crippen LogP) is 4.13. The molecule has 2 rings (SSSR count). The van der Waals surface area contributed by atoms with E-state index >= 15 is 0 Å². The van der Waals surface area contributed by atoms with Crippen molar-refractivity contribution in [1.29, 1.82) is 0 Å². The molecule has 1 aromatic carbocycles. The van der Waals surface area contributed by atoms with Crippen LogP contribution in [0, 0.1) is 0 Å². The van der Waals surface area contributed by atoms with Crippen molar-refractivity contribution in [2.24, 2.45) is 0 Å². The zero-order valence-electron chi connectivity index (χ0n) is 10.3. The fraction of sp³-hybridized carbons (Fsp3) is 0.429. The molecule has 2 nitrogen and oxygen atoms in total. The molecule has 2 aromatic rings. The SMILES string of the molecule is CC(O)CC(C)(C)c1cc2cccc(Cl)c2o1. The molecule has 0 fully saturated rings. The highest BCUT2D eigenvalue weighted by Crippen LogP contribution is 2.35. The monoisotopic (exact) mass is 252 g/mol. The van der Waals surface area contributed by atoms with Crippen molar-refractivity contribution in [3.8, 4) is 0 Å². The van der Waals surface area contributed by atoms with Gasteiger partial charge in [-0.1, -0.05) is 37.6 Å². The van der Waals surface area contributed by atoms with E-state index in [1.807, 2.05) is 24.3 Å². The molecule has 1 N–H and O–H groups in total. The number of hydrogen-bond donors (Lipinski definition) is 1. The number of benzene rings is 1. The second-order valence-corrected chi connectivity index (χ2v) is 5.61. The van der Waals surface area contributed by atoms with Gasteiger partial charge in [-0.3, -0.25) is 0 Å². The van der Waals surface area contributed by atoms with Crippen molar-refractivity contribution in [3.05, 3.63) is 35.0 Å². The summed E-state index contributed by atoms with van der Waals surface area (Å²) in [7, 11) is 0. The number of para-hydroxylation sites is 1. The average molecular weight is 253 g/mol. The summed E-state index contributed by atoms with van der Waals surface area (Å²) in [6.45, 7) is 5.91. The minimum Gasteiger partial charge on any atom is -0.459 e. The Kier molecular flexibility index (Phi) is 3.19. The van der Waals surface area contributed by atoms with Crippen LogP contribution in [-0.2, 0) is 5.41 Å². The molecular formula is C14H17ClO2. The Morgan fingerprint density at radius 1 is 1.41 bits per heavy atom. The van der Waals surface area contributed by atoms with E-state index in [-0.39, 0.29) is 11.5 Å². The maximum Gasteiger partial charge on any atom is 0.152 e. The third-order valence-corrected chi connectivity index (χ3v) is 3.27. The Balaban J connectivity index is 2.46. The lowest BCUT2D eigenvalue weighted by Gasteiger charge is -2.23. The van der Waals surface area contributed by atoms with E-state index in [0.29, 0.717) is 11.4 Å². The van der Waals surface area contributed by atoms with Crippen molar-refractivity contribution in [1.82, 2.24) is 0 Å². The largest absolute Gasteiger partial charge is 0.459 e. The van der Waals surface area contributed by atoms with E-state index < -0.39 is 0 Å². The Morgan fingerprint density at radius 2 is 2.12 bits per heavy atom. The quantitative estimate of drug-likeness (QED) is 0.891. The number of rotatable bonds is 3. The van der Waals surface area contributed by atoms with Gasteiger partial charge < -0.3 is 9.52 Å². The number of fused-ring (bicyclic) bond motifs is 1. The highest BCUT2D eigenvalue weighted by Gasteiger charge is 2.27. The number of furan rings is 1. The highest BCUT2D eigenvalue weighted by molar-refractivity contribution is 6.34. The van der Waals surface area contributed by atoms with E-state index in [1.165, 1.54) is 0 Å². The molecule has 1 atom stereocenters. The number of hydrogen-bond acceptors (Lipinski definition) is 2. The van der Waals surface area contributed by atoms with Crippen LogP contribution >= 0.6 is 11.6 Å². The average Bonchev–Trinajstić information content (AvgIpc) is 2.61. The molecule has 0 aliphatic heterocycles. The lowest BCUT2D eigenvalue weighted by Crippen LogP contribution is -2.22. The van der Waals surface area contributed by atoms with Crippen LogP contribution in [0.4, 0.5) is 0 Å². The maximum atomic E-state index is 9.51. The fourth-order valence-electron chi connectivity index (χ4n) is 2.20. The zero-order valence-corrected chi connectivity index (χ0v) is 11.1. The summed E-state index contributed by atoms with van der Waals surface area (Å²) in [6.07, 6.45) is 0.304. The van der Waals surface area contributed by atoms with Crippen LogP contribution in [0.3, 0.4) is 0 Å². The molecule has 0 aliphatic carbocycles. The van der Waals surface area contributed by atoms with E-state index in [2.05, 4.69) is 13.8 Å². The van der Waals surface area contributed by atoms with Gasteiger partial charge in [-0.25, -0.2) is 0 Å². The van der Waals surface area contributed by atoms with Crippen LogP contribution in [-0.4, -0.2) is 11.2 Å². The number of halogens is 1. The molecule has 0 spiro atoms. The second-order valence-electron chi connectivity index (χ2n) is 5.21. The Hall–Kier alpha value is -0.990. The fourth-order valence-corrected chi connectivity index (χ4v) is 2.42. The maximum absolute atomic E-state index is 9.51. The van der Waals surface area contributed by atoms with Gasteiger partial charge in [0.25, 0.3) is 0 Å². The van der Waals surface area contributed by atoms with Crippen LogP contribution < -0.4 is 0 Å². The number of aliphatic hydroxyl groups excluding tert-OH is 1. The van der Waals surface area contributed by atoms with Gasteiger partial charge in [-0.2, -0.15) is 0 Å². The van der Waals surface area contributed by atoms with Crippen LogP contribution in [0.15, 0.2) is 28.7 Å². The van der Waals surface area contributed by atoms with Crippen molar-refractivity contribution in [2.75, 3.05) is 0 Å². The summed E-state index contributed by atoms with van der Waals surface area (Å²) in [5.41, 5.74) is 0.527. The van der Waals surface area contributed by atoms with Gasteiger partial charge in [0, 0.05) is 10.8 Å². The summed E-state index contributed by atoms with van der Waals surface area (Å²) in [5.74, 6) is 0.863. The summed E-state index contributed by atoms with van der Waals surface area (Å²) in [4.78, 5) is 0. The van der Waals surface area contributed by atoms with Crippen molar-refractivity contribution in [3.63, 3.8) is 0 Å². The third-order valence-electron chi connectivity index (χ3n) is 2.97. The van der Waals surface area contributed by atoms with Gasteiger partial charge in [0.15, 0.2) is 5.58 Å². The highest BCUT2D eigenvalue weighted by atomic mass is 35.5. The smallest absolute Gasteiger partial charge is 0.152 e. The Morgan fingerprint density at radius 3 is 2.71 bits per heavy atom. The number of aliphatic hydroxyl groups is 1. The van der Waals surface area contributed by atoms with Crippen LogP contribution in [0.2, 0.25) is 5.02 Å². The van der Waals surface area contributed by atoms with Crippen LogP contribution in [0.5, 0.6) is 0 Å². The molecule has 0 saturated carbocycles. The first-order valence-electron chi connectivity index (χ1n) is 5.77. The summed E-state index contributed by atoms with van der Waals surface area (Å²) in [5, 5.41) is 11.1. The van der Waals surface area contributed by atoms with Gasteiger partial charge in [-0.05, 0) is 25.5 Å². The topological polar surface area (TPSA) is 33.4 Å². The van der Waals surface area contributed by atoms with E-state index in [9.17, 15) is 5.11 Å². The summed E-state index contributed by atoms with van der Waals surface area (Å²) < 4.78 is 5.82. The third kappa shape index (κ3) is 2.48. The van der Waals surface area contributed by atoms with E-state index in [1.54, 1.807) is 6.92 Å². The van der Waals surface area contributed by atoms with Gasteiger partial charge in [0.2, 0.25) is 0 Å². The standard InChI is InChI=1S/C14H17ClO2/c1-9(16)8-14(2,3)12-7-10-5-4-6-11(15)13(10)17-12/h4-7,9,16H,8H2,1-3H3. The zero-order chi connectivity index (χ0) is 12.6. The Bertz CT molecular complexity index is 526. The molecular weight excluding hydrogens is 236 g/mol. The lowest BCUT2D eigenvalue weighted by atomic mass is 9.84. The molecule has 1 heterocycles. The van der Waals surface area contributed by atoms with Gasteiger partial charge in [-0.15, -0.1) is 0 Å². The van der Waals surface area contributed by atoms with Gasteiger partial charge >= 0.3 is 0 Å². The molecule has 1 unspecified atom stereocenters. The van der Waals surface area contributed by atoms with E-state index in [0.717, 1.165) is 16.7 Å². The minimum absolute atomic E-state index is 0.198. The minimum atomic E-state index is -0.353. The molecule has 0 bridgehead atoms. The van der Waals surface area contributed by atoms with Gasteiger partial charge in [0.05, 0.1) is 11.1 Å². The first-order chi connectivity index (χ1) is 7.90. The molecule has 0 saturated heterocycles. The first kappa shape index (κ1) is 12.5. The molecule has 0 amide bonds. The summed E-state index contributed by atoms with van der Waals surface area (Å²) in [6, 6.07) is 7.71. The van der Waals surface area contributed by atoms with Crippen molar-refractivity contribution < 1.29 is 9.52 Å². The van der Waals surface area contributed by atoms with Crippen LogP contribution in [0.1, 0.15) is 33.0 Å². The molecule has 17 heavy (non-hydrogen) atoms. The van der Waals surface area contributed by atoms with Crippen molar-refractivity contribution >= 4 is 22.6 Å². The van der Waals surface area contributed by atoms with Gasteiger partial charge in [0.1, 0.15) is 5.76 Å². The van der Waals surface area contributed by atoms with Crippen molar-refractivity contribution in [2.45, 2.75) is 38.7 Å². The second kappa shape index (κ2) is 4.35. The normalized spacial score (nSPS) is 14.2.